The molecule has 3 heterocycles. The monoisotopic (exact) mass is 726 g/mol. The van der Waals surface area contributed by atoms with Crippen molar-refractivity contribution in [1.29, 1.82) is 0 Å². The molecule has 1 saturated heterocycles. The third-order valence-corrected chi connectivity index (χ3v) is 12.7. The molecule has 5 aliphatic rings. The fourth-order valence-corrected chi connectivity index (χ4v) is 8.95. The number of urea groups is 1. The number of carbonyl (C=O) groups is 5. The van der Waals surface area contributed by atoms with E-state index in [1.807, 2.05) is 26.0 Å². The predicted octanol–water partition coefficient (Wildman–Crippen LogP) is 2.61. The molecule has 278 valence electrons. The van der Waals surface area contributed by atoms with Crippen LogP contribution in [-0.2, 0) is 48.7 Å². The van der Waals surface area contributed by atoms with Crippen LogP contribution < -0.4 is 20.7 Å². The largest absolute Gasteiger partial charge is 0.444 e. The van der Waals surface area contributed by atoms with Gasteiger partial charge in [0.15, 0.2) is 0 Å². The first-order chi connectivity index (χ1) is 24.0. The van der Waals surface area contributed by atoms with Crippen LogP contribution in [0.3, 0.4) is 0 Å². The summed E-state index contributed by atoms with van der Waals surface area (Å²) in [6, 6.07) is 3.34. The molecule has 15 heteroatoms. The van der Waals surface area contributed by atoms with Gasteiger partial charge in [0.05, 0.1) is 11.8 Å². The number of ether oxygens (including phenoxy) is 1. The normalized spacial score (nSPS) is 29.5. The number of rotatable bonds is 7. The molecule has 1 aromatic rings. The lowest BCUT2D eigenvalue weighted by atomic mass is 9.94. The Morgan fingerprint density at radius 3 is 2.49 bits per heavy atom. The summed E-state index contributed by atoms with van der Waals surface area (Å²) < 4.78 is 33.4. The van der Waals surface area contributed by atoms with E-state index in [1.165, 1.54) is 16.5 Å². The first-order valence-corrected chi connectivity index (χ1v) is 19.5. The number of fused-ring (bicyclic) bond motifs is 3. The number of hydrogen-bond donors (Lipinski definition) is 4. The summed E-state index contributed by atoms with van der Waals surface area (Å²) >= 11 is 0. The Bertz CT molecular complexity index is 1730. The van der Waals surface area contributed by atoms with Gasteiger partial charge in [-0.3, -0.25) is 24.0 Å². The average molecular weight is 727 g/mol. The summed E-state index contributed by atoms with van der Waals surface area (Å²) in [5.74, 6) is -2.99. The average Bonchev–Trinajstić information content (AvgIpc) is 3.95. The topological polar surface area (TPSA) is 183 Å². The molecule has 6 amide bonds. The van der Waals surface area contributed by atoms with E-state index in [0.717, 1.165) is 30.4 Å². The van der Waals surface area contributed by atoms with Crippen molar-refractivity contribution >= 4 is 39.9 Å². The fourth-order valence-electron chi connectivity index (χ4n) is 7.59. The third-order valence-electron chi connectivity index (χ3n) is 10.9. The second-order valence-corrected chi connectivity index (χ2v) is 17.7. The van der Waals surface area contributed by atoms with Crippen LogP contribution in [0.25, 0.3) is 0 Å². The van der Waals surface area contributed by atoms with Crippen LogP contribution in [0.1, 0.15) is 89.3 Å². The molecule has 1 aromatic carbocycles. The van der Waals surface area contributed by atoms with Crippen molar-refractivity contribution in [3.63, 3.8) is 0 Å². The molecule has 0 aromatic heterocycles. The van der Waals surface area contributed by atoms with Gasteiger partial charge in [-0.25, -0.2) is 18.0 Å². The summed E-state index contributed by atoms with van der Waals surface area (Å²) in [4.78, 5) is 71.7. The molecule has 5 atom stereocenters. The highest BCUT2D eigenvalue weighted by molar-refractivity contribution is 7.91. The van der Waals surface area contributed by atoms with Crippen molar-refractivity contribution in [1.82, 2.24) is 30.5 Å². The highest BCUT2D eigenvalue weighted by Crippen LogP contribution is 2.45. The van der Waals surface area contributed by atoms with Gasteiger partial charge in [0, 0.05) is 31.0 Å². The number of nitrogens with one attached hydrogen (secondary N) is 4. The lowest BCUT2D eigenvalue weighted by Gasteiger charge is -2.32. The zero-order chi connectivity index (χ0) is 36.9. The van der Waals surface area contributed by atoms with Gasteiger partial charge in [0.2, 0.25) is 21.8 Å². The van der Waals surface area contributed by atoms with E-state index in [0.29, 0.717) is 32.4 Å². The van der Waals surface area contributed by atoms with Crippen molar-refractivity contribution in [2.24, 2.45) is 11.8 Å². The van der Waals surface area contributed by atoms with E-state index in [2.05, 4.69) is 33.3 Å². The molecular weight excluding hydrogens is 676 g/mol. The Balaban J connectivity index is 1.27. The van der Waals surface area contributed by atoms with Crippen molar-refractivity contribution < 1.29 is 37.1 Å². The SMILES string of the molecule is C=C[C@@H]1C[C@]1(NC(=O)[C@@H]1C[C@@H]2CN1C(=O)[C@H](C(C)C)NC(=O)NC(C)(C)CCCCc1cccc3c1CN(C3)C(=O)O2)C(=O)NS(=O)(=O)C1CC1. The molecule has 0 spiro atoms. The molecule has 3 aliphatic heterocycles. The fraction of sp³-hybridized carbons (Fsp3) is 0.639. The summed E-state index contributed by atoms with van der Waals surface area (Å²) in [5.41, 5.74) is 1.18. The van der Waals surface area contributed by atoms with Gasteiger partial charge < -0.3 is 25.6 Å². The second kappa shape index (κ2) is 13.8. The molecule has 4 N–H and O–H groups in total. The second-order valence-electron chi connectivity index (χ2n) is 15.8. The van der Waals surface area contributed by atoms with Crippen LogP contribution in [0.5, 0.6) is 0 Å². The lowest BCUT2D eigenvalue weighted by molar-refractivity contribution is -0.141. The Morgan fingerprint density at radius 1 is 1.10 bits per heavy atom. The van der Waals surface area contributed by atoms with Crippen molar-refractivity contribution in [3.05, 3.63) is 47.5 Å². The summed E-state index contributed by atoms with van der Waals surface area (Å²) in [7, 11) is -3.90. The minimum absolute atomic E-state index is 0.0593. The van der Waals surface area contributed by atoms with Gasteiger partial charge in [-0.1, -0.05) is 44.5 Å². The smallest absolute Gasteiger partial charge is 0.410 e. The Labute approximate surface area is 299 Å². The van der Waals surface area contributed by atoms with Gasteiger partial charge in [0.1, 0.15) is 23.7 Å². The first kappa shape index (κ1) is 36.6. The molecule has 4 bridgehead atoms. The molecule has 0 unspecified atom stereocenters. The van der Waals surface area contributed by atoms with E-state index in [9.17, 15) is 32.4 Å². The summed E-state index contributed by atoms with van der Waals surface area (Å²) in [5, 5.41) is 7.94. The van der Waals surface area contributed by atoms with Crippen LogP contribution in [0.2, 0.25) is 0 Å². The Morgan fingerprint density at radius 2 is 1.82 bits per heavy atom. The number of sulfonamides is 1. The molecule has 2 aliphatic carbocycles. The highest BCUT2D eigenvalue weighted by atomic mass is 32.2. The number of amides is 6. The minimum Gasteiger partial charge on any atom is -0.444 e. The summed E-state index contributed by atoms with van der Waals surface area (Å²) in [6.07, 6.45) is 4.32. The molecule has 51 heavy (non-hydrogen) atoms. The van der Waals surface area contributed by atoms with E-state index in [1.54, 1.807) is 18.7 Å². The van der Waals surface area contributed by atoms with Crippen LogP contribution in [0.4, 0.5) is 9.59 Å². The van der Waals surface area contributed by atoms with Crippen LogP contribution in [0, 0.1) is 11.8 Å². The molecule has 2 saturated carbocycles. The van der Waals surface area contributed by atoms with Crippen LogP contribution in [0.15, 0.2) is 30.9 Å². The molecule has 6 rings (SSSR count). The maximum atomic E-state index is 14.3. The zero-order valence-electron chi connectivity index (χ0n) is 29.8. The molecule has 3 fully saturated rings. The minimum atomic E-state index is -3.90. The number of hydrogen-bond acceptors (Lipinski definition) is 8. The third kappa shape index (κ3) is 7.73. The van der Waals surface area contributed by atoms with Crippen molar-refractivity contribution in [3.8, 4) is 0 Å². The predicted molar refractivity (Wildman–Crippen MR) is 187 cm³/mol. The first-order valence-electron chi connectivity index (χ1n) is 18.0. The number of benzene rings is 1. The van der Waals surface area contributed by atoms with Gasteiger partial charge in [0.25, 0.3) is 5.91 Å². The van der Waals surface area contributed by atoms with Gasteiger partial charge >= 0.3 is 12.1 Å². The van der Waals surface area contributed by atoms with E-state index < -0.39 is 80.3 Å². The zero-order valence-corrected chi connectivity index (χ0v) is 30.6. The number of aryl methyl sites for hydroxylation is 1. The maximum absolute atomic E-state index is 14.3. The number of carbonyl (C=O) groups excluding carboxylic acids is 5. The van der Waals surface area contributed by atoms with E-state index >= 15 is 0 Å². The highest BCUT2D eigenvalue weighted by Gasteiger charge is 2.62. The summed E-state index contributed by atoms with van der Waals surface area (Å²) in [6.45, 7) is 11.8. The lowest BCUT2D eigenvalue weighted by Crippen LogP contribution is -2.60. The molecular formula is C36H50N6O8S. The number of nitrogens with zero attached hydrogens (tertiary/aromatic N) is 2. The van der Waals surface area contributed by atoms with Crippen molar-refractivity contribution in [2.75, 3.05) is 6.54 Å². The Hall–Kier alpha value is -4.14. The van der Waals surface area contributed by atoms with Crippen LogP contribution >= 0.6 is 0 Å². The van der Waals surface area contributed by atoms with Gasteiger partial charge in [-0.2, -0.15) is 0 Å². The standard InChI is InChI=1S/C36H50N6O8S/c1-6-24-17-36(24,32(45)40-51(48,49)26-13-14-26)38-30(43)28-16-25-19-42(28)31(44)29(21(2)3)37-33(46)39-35(4,5)15-8-7-10-22-11-9-12-23-18-41(20-27(22)23)34(47)50-25/h6,9,11-12,21,24-26,28-29H,1,7-8,10,13-20H2,2-5H3,(H,38,43)(H,40,45)(H2,37,39,46)/t24-,25-,28+,29+,36-/m1/s1. The van der Waals surface area contributed by atoms with Crippen LogP contribution in [-0.4, -0.2) is 89.1 Å². The molecule has 14 nitrogen and oxygen atoms in total. The van der Waals surface area contributed by atoms with E-state index in [-0.39, 0.29) is 25.3 Å². The van der Waals surface area contributed by atoms with Gasteiger partial charge in [-0.15, -0.1) is 6.58 Å². The van der Waals surface area contributed by atoms with Crippen molar-refractivity contribution in [2.45, 2.75) is 127 Å². The van der Waals surface area contributed by atoms with E-state index in [4.69, 9.17) is 4.74 Å². The quantitative estimate of drug-likeness (QED) is 0.309. The Kier molecular flexibility index (Phi) is 9.90. The maximum Gasteiger partial charge on any atom is 0.410 e. The molecule has 0 radical (unpaired) electrons. The van der Waals surface area contributed by atoms with Gasteiger partial charge in [-0.05, 0) is 75.0 Å².